The van der Waals surface area contributed by atoms with Crippen LogP contribution in [-0.2, 0) is 11.3 Å². The maximum absolute atomic E-state index is 12.8. The van der Waals surface area contributed by atoms with Gasteiger partial charge in [0.2, 0.25) is 11.7 Å². The van der Waals surface area contributed by atoms with Gasteiger partial charge in [-0.05, 0) is 42.0 Å². The van der Waals surface area contributed by atoms with Gasteiger partial charge in [-0.2, -0.15) is 4.98 Å². The minimum absolute atomic E-state index is 0.149. The summed E-state index contributed by atoms with van der Waals surface area (Å²) >= 11 is 0. The molecule has 0 N–H and O–H groups in total. The molecule has 0 spiro atoms. The zero-order chi connectivity index (χ0) is 23.4. The van der Waals surface area contributed by atoms with Gasteiger partial charge in [-0.3, -0.25) is 4.79 Å². The zero-order valence-electron chi connectivity index (χ0n) is 18.9. The summed E-state index contributed by atoms with van der Waals surface area (Å²) in [5.74, 6) is 2.32. The molecule has 4 aromatic rings. The largest absolute Gasteiger partial charge is 0.497 e. The molecular weight excluding hydrogens is 422 g/mol. The van der Waals surface area contributed by atoms with Gasteiger partial charge >= 0.3 is 0 Å². The average Bonchev–Trinajstić information content (AvgIpc) is 3.31. The molecule has 3 aromatic carbocycles. The molecule has 8 nitrogen and oxygen atoms in total. The number of methoxy groups -OCH3 is 2. The van der Waals surface area contributed by atoms with Gasteiger partial charge in [0.15, 0.2) is 6.10 Å². The number of amides is 1. The molecule has 0 aliphatic carbocycles. The summed E-state index contributed by atoms with van der Waals surface area (Å²) in [7, 11) is 4.81. The van der Waals surface area contributed by atoms with Gasteiger partial charge in [-0.15, -0.1) is 0 Å². The van der Waals surface area contributed by atoms with Crippen molar-refractivity contribution in [1.82, 2.24) is 15.0 Å². The van der Waals surface area contributed by atoms with E-state index in [0.717, 1.165) is 10.8 Å². The van der Waals surface area contributed by atoms with Crippen LogP contribution in [0, 0.1) is 0 Å². The average molecular weight is 447 g/mol. The second-order valence-electron chi connectivity index (χ2n) is 7.54. The second-order valence-corrected chi connectivity index (χ2v) is 7.54. The Balaban J connectivity index is 1.42. The van der Waals surface area contributed by atoms with Crippen LogP contribution in [0.3, 0.4) is 0 Å². The van der Waals surface area contributed by atoms with Crippen molar-refractivity contribution in [2.45, 2.75) is 19.6 Å². The topological polar surface area (TPSA) is 86.9 Å². The summed E-state index contributed by atoms with van der Waals surface area (Å²) in [6, 6.07) is 19.1. The Labute approximate surface area is 191 Å². The van der Waals surface area contributed by atoms with Crippen molar-refractivity contribution in [2.75, 3.05) is 21.3 Å². The second kappa shape index (κ2) is 9.60. The molecule has 8 heteroatoms. The molecule has 1 atom stereocenters. The Kier molecular flexibility index (Phi) is 6.44. The van der Waals surface area contributed by atoms with E-state index in [4.69, 9.17) is 18.7 Å². The number of likely N-dealkylation sites (N-methyl/N-ethyl adjacent to an activating group) is 1. The van der Waals surface area contributed by atoms with Gasteiger partial charge in [0.05, 0.1) is 26.3 Å². The van der Waals surface area contributed by atoms with Crippen LogP contribution in [0.25, 0.3) is 22.2 Å². The van der Waals surface area contributed by atoms with Gasteiger partial charge in [0.25, 0.3) is 5.91 Å². The summed E-state index contributed by atoms with van der Waals surface area (Å²) in [5.41, 5.74) is 0.662. The maximum Gasteiger partial charge on any atom is 0.263 e. The van der Waals surface area contributed by atoms with Gasteiger partial charge in [-0.1, -0.05) is 35.5 Å². The lowest BCUT2D eigenvalue weighted by atomic mass is 10.1. The predicted octanol–water partition coefficient (Wildman–Crippen LogP) is 4.33. The first-order valence-electron chi connectivity index (χ1n) is 10.4. The van der Waals surface area contributed by atoms with Crippen molar-refractivity contribution in [3.8, 4) is 28.6 Å². The lowest BCUT2D eigenvalue weighted by Gasteiger charge is -2.21. The summed E-state index contributed by atoms with van der Waals surface area (Å²) < 4.78 is 21.9. The zero-order valence-corrected chi connectivity index (χ0v) is 18.9. The third-order valence-corrected chi connectivity index (χ3v) is 5.25. The van der Waals surface area contributed by atoms with E-state index in [9.17, 15) is 4.79 Å². The number of nitrogens with zero attached hydrogens (tertiary/aromatic N) is 3. The molecule has 1 aromatic heterocycles. The molecule has 0 saturated heterocycles. The van der Waals surface area contributed by atoms with Crippen LogP contribution >= 0.6 is 0 Å². The fraction of sp³-hybridized carbons (Fsp3) is 0.240. The molecule has 0 bridgehead atoms. The van der Waals surface area contributed by atoms with Crippen LogP contribution in [0.4, 0.5) is 0 Å². The first-order chi connectivity index (χ1) is 16.0. The molecule has 0 aliphatic rings. The minimum atomic E-state index is -0.680. The Morgan fingerprint density at radius 2 is 1.76 bits per heavy atom. The molecule has 0 aliphatic heterocycles. The summed E-state index contributed by atoms with van der Waals surface area (Å²) in [5, 5.41) is 6.19. The summed E-state index contributed by atoms with van der Waals surface area (Å²) in [6.07, 6.45) is -0.680. The third kappa shape index (κ3) is 4.90. The van der Waals surface area contributed by atoms with E-state index in [-0.39, 0.29) is 12.5 Å². The fourth-order valence-electron chi connectivity index (χ4n) is 3.50. The predicted molar refractivity (Wildman–Crippen MR) is 123 cm³/mol. The Morgan fingerprint density at radius 3 is 2.52 bits per heavy atom. The lowest BCUT2D eigenvalue weighted by Crippen LogP contribution is -2.37. The van der Waals surface area contributed by atoms with E-state index in [1.165, 1.54) is 4.90 Å². The number of aromatic nitrogens is 2. The Bertz CT molecular complexity index is 1270. The van der Waals surface area contributed by atoms with E-state index in [0.29, 0.717) is 34.5 Å². The highest BCUT2D eigenvalue weighted by molar-refractivity contribution is 5.84. The Morgan fingerprint density at radius 1 is 1.00 bits per heavy atom. The van der Waals surface area contributed by atoms with Crippen molar-refractivity contribution in [3.05, 3.63) is 66.6 Å². The van der Waals surface area contributed by atoms with Crippen LogP contribution in [0.5, 0.6) is 17.2 Å². The highest BCUT2D eigenvalue weighted by Crippen LogP contribution is 2.31. The SMILES string of the molecule is COc1ccc(-c2noc(CN(C)C(=O)[C@@H](C)Oc3ccc4ccccc4c3)n2)c(OC)c1. The molecule has 33 heavy (non-hydrogen) atoms. The number of hydrogen-bond acceptors (Lipinski definition) is 7. The first-order valence-corrected chi connectivity index (χ1v) is 10.4. The van der Waals surface area contributed by atoms with Crippen LogP contribution in [0.1, 0.15) is 12.8 Å². The van der Waals surface area contributed by atoms with Crippen molar-refractivity contribution in [3.63, 3.8) is 0 Å². The number of ether oxygens (including phenoxy) is 3. The molecule has 1 amide bonds. The van der Waals surface area contributed by atoms with Gasteiger partial charge in [0.1, 0.15) is 17.2 Å². The van der Waals surface area contributed by atoms with Gasteiger partial charge in [-0.25, -0.2) is 0 Å². The smallest absolute Gasteiger partial charge is 0.263 e. The normalized spacial score (nSPS) is 11.8. The van der Waals surface area contributed by atoms with Crippen molar-refractivity contribution in [2.24, 2.45) is 0 Å². The van der Waals surface area contributed by atoms with E-state index < -0.39 is 6.10 Å². The number of carbonyl (C=O) groups excluding carboxylic acids is 1. The molecule has 0 unspecified atom stereocenters. The molecule has 0 fully saturated rings. The van der Waals surface area contributed by atoms with Crippen molar-refractivity contribution < 1.29 is 23.5 Å². The summed E-state index contributed by atoms with van der Waals surface area (Å²) in [4.78, 5) is 18.7. The molecular formula is C25H25N3O5. The number of rotatable bonds is 8. The molecule has 0 radical (unpaired) electrons. The van der Waals surface area contributed by atoms with E-state index in [1.807, 2.05) is 42.5 Å². The summed E-state index contributed by atoms with van der Waals surface area (Å²) in [6.45, 7) is 1.87. The van der Waals surface area contributed by atoms with E-state index in [1.54, 1.807) is 46.4 Å². The van der Waals surface area contributed by atoms with Gasteiger partial charge in [0, 0.05) is 13.1 Å². The molecule has 0 saturated carbocycles. The quantitative estimate of drug-likeness (QED) is 0.397. The van der Waals surface area contributed by atoms with E-state index >= 15 is 0 Å². The number of benzene rings is 3. The Hall–Kier alpha value is -4.07. The third-order valence-electron chi connectivity index (χ3n) is 5.25. The molecule has 4 rings (SSSR count). The minimum Gasteiger partial charge on any atom is -0.497 e. The van der Waals surface area contributed by atoms with Crippen molar-refractivity contribution >= 4 is 16.7 Å². The maximum atomic E-state index is 12.8. The monoisotopic (exact) mass is 447 g/mol. The van der Waals surface area contributed by atoms with Crippen LogP contribution in [0.15, 0.2) is 65.2 Å². The van der Waals surface area contributed by atoms with E-state index in [2.05, 4.69) is 10.1 Å². The van der Waals surface area contributed by atoms with Gasteiger partial charge < -0.3 is 23.6 Å². The van der Waals surface area contributed by atoms with Crippen LogP contribution in [-0.4, -0.2) is 48.3 Å². The number of hydrogen-bond donors (Lipinski definition) is 0. The van der Waals surface area contributed by atoms with Crippen LogP contribution in [0.2, 0.25) is 0 Å². The lowest BCUT2D eigenvalue weighted by molar-refractivity contribution is -0.137. The molecule has 170 valence electrons. The van der Waals surface area contributed by atoms with Crippen molar-refractivity contribution in [1.29, 1.82) is 0 Å². The highest BCUT2D eigenvalue weighted by atomic mass is 16.5. The standard InChI is InChI=1S/C25H25N3O5/c1-16(32-20-10-9-17-7-5-6-8-18(17)13-20)25(29)28(2)15-23-26-24(27-33-23)21-12-11-19(30-3)14-22(21)31-4/h5-14,16H,15H2,1-4H3/t16-/m1/s1. The fourth-order valence-corrected chi connectivity index (χ4v) is 3.50. The highest BCUT2D eigenvalue weighted by Gasteiger charge is 2.22. The first kappa shape index (κ1) is 22.1. The number of carbonyl (C=O) groups is 1. The van der Waals surface area contributed by atoms with Crippen LogP contribution < -0.4 is 14.2 Å². The number of fused-ring (bicyclic) bond motifs is 1. The molecule has 1 heterocycles.